The van der Waals surface area contributed by atoms with Gasteiger partial charge in [-0.3, -0.25) is 20.0 Å². The first kappa shape index (κ1) is 20.0. The fraction of sp³-hybridized carbons (Fsp3) is 0.500. The van der Waals surface area contributed by atoms with Crippen LogP contribution >= 0.6 is 0 Å². The zero-order valence-electron chi connectivity index (χ0n) is 15.8. The molecule has 4 rings (SSSR count). The lowest BCUT2D eigenvalue weighted by Gasteiger charge is -2.25. The number of carbonyl (C=O) groups excluding carboxylic acids is 3. The van der Waals surface area contributed by atoms with Crippen molar-refractivity contribution < 1.29 is 38.5 Å². The van der Waals surface area contributed by atoms with Crippen LogP contribution in [0.3, 0.4) is 0 Å². The summed E-state index contributed by atoms with van der Waals surface area (Å²) < 4.78 is 22.8. The Morgan fingerprint density at radius 3 is 2.53 bits per heavy atom. The van der Waals surface area contributed by atoms with Gasteiger partial charge in [0.05, 0.1) is 5.41 Å². The van der Waals surface area contributed by atoms with Crippen LogP contribution in [0.15, 0.2) is 29.2 Å². The average Bonchev–Trinajstić information content (AvgIpc) is 3.39. The molecule has 1 unspecified atom stereocenters. The summed E-state index contributed by atoms with van der Waals surface area (Å²) in [5.41, 5.74) is 0.400. The Morgan fingerprint density at radius 1 is 1.27 bits per heavy atom. The van der Waals surface area contributed by atoms with E-state index in [1.807, 2.05) is 0 Å². The monoisotopic (exact) mass is 421 g/mol. The van der Waals surface area contributed by atoms with E-state index >= 15 is 0 Å². The molecule has 0 spiro atoms. The van der Waals surface area contributed by atoms with Crippen molar-refractivity contribution in [2.24, 2.45) is 5.41 Å². The van der Waals surface area contributed by atoms with Gasteiger partial charge in [0, 0.05) is 18.3 Å². The van der Waals surface area contributed by atoms with Gasteiger partial charge in [0.15, 0.2) is 24.3 Å². The van der Waals surface area contributed by atoms with Crippen LogP contribution in [0.4, 0.5) is 5.82 Å². The van der Waals surface area contributed by atoms with E-state index in [9.17, 15) is 19.2 Å². The Morgan fingerprint density at radius 2 is 1.93 bits per heavy atom. The number of hydrogen-bond donors (Lipinski definition) is 2. The summed E-state index contributed by atoms with van der Waals surface area (Å²) in [6, 6.07) is 1.29. The normalized spacial score (nSPS) is 30.2. The first-order valence-electron chi connectivity index (χ1n) is 9.22. The number of hydrogen-bond acceptors (Lipinski definition) is 11. The summed E-state index contributed by atoms with van der Waals surface area (Å²) in [5, 5.41) is 8.90. The van der Waals surface area contributed by atoms with Crippen molar-refractivity contribution in [2.45, 2.75) is 44.3 Å². The van der Waals surface area contributed by atoms with Crippen molar-refractivity contribution in [3.05, 3.63) is 34.9 Å². The van der Waals surface area contributed by atoms with Crippen molar-refractivity contribution >= 4 is 23.7 Å². The van der Waals surface area contributed by atoms with E-state index in [4.69, 9.17) is 24.2 Å². The minimum atomic E-state index is -1.20. The summed E-state index contributed by atoms with van der Waals surface area (Å²) in [7, 11) is 0. The summed E-state index contributed by atoms with van der Waals surface area (Å²) in [4.78, 5) is 52.1. The standard InChI is InChI=1S/C18H19N3O9/c1-18(5-6-18)16(24)27-8-9-13-14(30-12(23)3-2-11(22)29-13)15(28-9)21-7-4-10(20-26)19-17(21)25/h2-4,7,9,13-15,26H,5-6,8H2,1H3,(H,19,20,25)/b3-2-/t9-,13?,14-,15-/m1/s1. The fourth-order valence-corrected chi connectivity index (χ4v) is 3.21. The third-order valence-electron chi connectivity index (χ3n) is 5.24. The van der Waals surface area contributed by atoms with Gasteiger partial charge in [-0.2, -0.15) is 4.98 Å². The Balaban J connectivity index is 1.62. The Bertz CT molecular complexity index is 968. The maximum atomic E-state index is 12.3. The highest BCUT2D eigenvalue weighted by Gasteiger charge is 2.53. The molecule has 1 aliphatic carbocycles. The maximum Gasteiger partial charge on any atom is 0.351 e. The van der Waals surface area contributed by atoms with Gasteiger partial charge in [-0.25, -0.2) is 14.4 Å². The van der Waals surface area contributed by atoms with Crippen molar-refractivity contribution in [1.82, 2.24) is 9.55 Å². The second-order valence-electron chi connectivity index (χ2n) is 7.47. The van der Waals surface area contributed by atoms with Gasteiger partial charge in [-0.15, -0.1) is 0 Å². The van der Waals surface area contributed by atoms with Crippen LogP contribution in [-0.4, -0.2) is 57.6 Å². The van der Waals surface area contributed by atoms with Gasteiger partial charge in [0.1, 0.15) is 12.7 Å². The summed E-state index contributed by atoms with van der Waals surface area (Å²) in [5.74, 6) is -2.13. The zero-order valence-corrected chi connectivity index (χ0v) is 15.8. The molecule has 0 amide bonds. The molecule has 12 heteroatoms. The van der Waals surface area contributed by atoms with Crippen LogP contribution in [-0.2, 0) is 33.3 Å². The molecule has 30 heavy (non-hydrogen) atoms. The van der Waals surface area contributed by atoms with E-state index < -0.39 is 53.6 Å². The summed E-state index contributed by atoms with van der Waals surface area (Å²) in [6.45, 7) is 1.51. The highest BCUT2D eigenvalue weighted by molar-refractivity contribution is 5.92. The second-order valence-corrected chi connectivity index (χ2v) is 7.47. The molecular formula is C18H19N3O9. The van der Waals surface area contributed by atoms with E-state index in [2.05, 4.69) is 4.98 Å². The predicted molar refractivity (Wildman–Crippen MR) is 95.0 cm³/mol. The lowest BCUT2D eigenvalue weighted by Crippen LogP contribution is -2.43. The van der Waals surface area contributed by atoms with Crippen LogP contribution in [0.25, 0.3) is 0 Å². The fourth-order valence-electron chi connectivity index (χ4n) is 3.21. The number of fused-ring (bicyclic) bond motifs is 1. The van der Waals surface area contributed by atoms with E-state index in [0.29, 0.717) is 0 Å². The molecule has 1 aromatic rings. The third kappa shape index (κ3) is 3.78. The van der Waals surface area contributed by atoms with E-state index in [0.717, 1.165) is 29.6 Å². The third-order valence-corrected chi connectivity index (χ3v) is 5.24. The largest absolute Gasteiger partial charge is 0.462 e. The van der Waals surface area contributed by atoms with E-state index in [1.165, 1.54) is 12.3 Å². The van der Waals surface area contributed by atoms with Gasteiger partial charge in [-0.1, -0.05) is 0 Å². The van der Waals surface area contributed by atoms with Crippen LogP contribution < -0.4 is 11.2 Å². The molecule has 3 heterocycles. The second kappa shape index (κ2) is 7.54. The number of anilines is 1. The number of esters is 3. The van der Waals surface area contributed by atoms with Gasteiger partial charge in [0.2, 0.25) is 0 Å². The average molecular weight is 421 g/mol. The molecule has 2 N–H and O–H groups in total. The van der Waals surface area contributed by atoms with Crippen molar-refractivity contribution in [2.75, 3.05) is 12.1 Å². The number of ether oxygens (including phenoxy) is 4. The van der Waals surface area contributed by atoms with Gasteiger partial charge < -0.3 is 18.9 Å². The molecule has 4 atom stereocenters. The lowest BCUT2D eigenvalue weighted by molar-refractivity contribution is -0.165. The van der Waals surface area contributed by atoms with Gasteiger partial charge in [-0.05, 0) is 25.8 Å². The quantitative estimate of drug-likeness (QED) is 0.365. The van der Waals surface area contributed by atoms with Gasteiger partial charge >= 0.3 is 23.6 Å². The Hall–Kier alpha value is -3.25. The number of nitrogens with one attached hydrogen (secondary N) is 1. The molecule has 12 nitrogen and oxygen atoms in total. The number of nitrogens with zero attached hydrogens (tertiary/aromatic N) is 2. The highest BCUT2D eigenvalue weighted by Crippen LogP contribution is 2.46. The number of carbonyl (C=O) groups is 3. The van der Waals surface area contributed by atoms with E-state index in [-0.39, 0.29) is 12.4 Å². The van der Waals surface area contributed by atoms with Crippen LogP contribution in [0.2, 0.25) is 0 Å². The molecule has 0 aromatic carbocycles. The minimum absolute atomic E-state index is 0.0991. The molecule has 0 bridgehead atoms. The maximum absolute atomic E-state index is 12.3. The van der Waals surface area contributed by atoms with Crippen molar-refractivity contribution in [1.29, 1.82) is 0 Å². The number of rotatable bonds is 5. The summed E-state index contributed by atoms with van der Waals surface area (Å²) in [6.07, 6.45) is -0.00167. The molecule has 1 saturated carbocycles. The van der Waals surface area contributed by atoms with Gasteiger partial charge in [0.25, 0.3) is 0 Å². The topological polar surface area (TPSA) is 155 Å². The Kier molecular flexibility index (Phi) is 5.03. The SMILES string of the molecule is CC1(C(=O)OC[C@H]2O[C@@H](n3ccc(NO)nc3=O)[C@@H]3OC(=O)/C=C\C(=O)OC32)CC1. The molecule has 160 valence electrons. The van der Waals surface area contributed by atoms with Crippen molar-refractivity contribution in [3.63, 3.8) is 0 Å². The van der Waals surface area contributed by atoms with Crippen LogP contribution in [0.1, 0.15) is 26.0 Å². The summed E-state index contributed by atoms with van der Waals surface area (Å²) >= 11 is 0. The van der Waals surface area contributed by atoms with Crippen molar-refractivity contribution in [3.8, 4) is 0 Å². The molecule has 3 aliphatic rings. The smallest absolute Gasteiger partial charge is 0.351 e. The van der Waals surface area contributed by atoms with Crippen LogP contribution in [0.5, 0.6) is 0 Å². The van der Waals surface area contributed by atoms with Crippen LogP contribution in [0, 0.1) is 5.41 Å². The lowest BCUT2D eigenvalue weighted by atomic mass is 10.1. The molecule has 1 saturated heterocycles. The first-order valence-corrected chi connectivity index (χ1v) is 9.22. The molecule has 2 fully saturated rings. The minimum Gasteiger partial charge on any atom is -0.462 e. The molecule has 0 radical (unpaired) electrons. The Labute approximate surface area is 169 Å². The predicted octanol–water partition coefficient (Wildman–Crippen LogP) is -0.321. The molecule has 1 aromatic heterocycles. The number of aromatic nitrogens is 2. The first-order chi connectivity index (χ1) is 14.3. The zero-order chi connectivity index (χ0) is 21.5. The molecule has 2 aliphatic heterocycles. The van der Waals surface area contributed by atoms with E-state index in [1.54, 1.807) is 12.4 Å². The highest BCUT2D eigenvalue weighted by atomic mass is 16.7. The molecular weight excluding hydrogens is 402 g/mol.